The third-order valence-electron chi connectivity index (χ3n) is 3.03. The highest BCUT2D eigenvalue weighted by molar-refractivity contribution is 6.20. The molecule has 5 heteroatoms. The van der Waals surface area contributed by atoms with E-state index in [1.165, 1.54) is 0 Å². The van der Waals surface area contributed by atoms with Crippen LogP contribution in [0.25, 0.3) is 11.0 Å². The number of halogens is 1. The molecule has 1 aromatic heterocycles. The summed E-state index contributed by atoms with van der Waals surface area (Å²) in [4.78, 5) is 16.4. The topological polar surface area (TPSA) is 46.9 Å². The van der Waals surface area contributed by atoms with E-state index in [2.05, 4.69) is 10.3 Å². The summed E-state index contributed by atoms with van der Waals surface area (Å²) in [6.45, 7) is 6.66. The second-order valence-electron chi connectivity index (χ2n) is 4.57. The average molecular weight is 280 g/mol. The summed E-state index contributed by atoms with van der Waals surface area (Å²) >= 11 is 6.18. The van der Waals surface area contributed by atoms with E-state index in [4.69, 9.17) is 11.6 Å². The summed E-state index contributed by atoms with van der Waals surface area (Å²) in [6.07, 6.45) is 0. The molecule has 4 nitrogen and oxygen atoms in total. The fourth-order valence-corrected chi connectivity index (χ4v) is 2.41. The van der Waals surface area contributed by atoms with Crippen LogP contribution in [0.5, 0.6) is 0 Å². The van der Waals surface area contributed by atoms with E-state index in [1.54, 1.807) is 0 Å². The van der Waals surface area contributed by atoms with Crippen molar-refractivity contribution in [3.63, 3.8) is 0 Å². The Hall–Kier alpha value is -1.55. The average Bonchev–Trinajstić information content (AvgIpc) is 2.70. The summed E-state index contributed by atoms with van der Waals surface area (Å²) in [5.41, 5.74) is 2.96. The van der Waals surface area contributed by atoms with Crippen molar-refractivity contribution >= 4 is 28.5 Å². The standard InChI is InChI=1S/C14H18ClN3O/c1-4-16-12(19)8-18-13-9(2)6-5-7-11(13)17-14(18)10(3)15/h5-7,10H,4,8H2,1-3H3,(H,16,19). The molecule has 0 saturated carbocycles. The number of hydrogen-bond acceptors (Lipinski definition) is 2. The predicted octanol–water partition coefficient (Wildman–Crippen LogP) is 2.78. The number of alkyl halides is 1. The number of aromatic nitrogens is 2. The number of hydrogen-bond donors (Lipinski definition) is 1. The summed E-state index contributed by atoms with van der Waals surface area (Å²) in [7, 11) is 0. The van der Waals surface area contributed by atoms with Crippen LogP contribution in [0, 0.1) is 6.92 Å². The Balaban J connectivity index is 2.54. The molecule has 0 spiro atoms. The van der Waals surface area contributed by atoms with Gasteiger partial charge in [-0.15, -0.1) is 11.6 Å². The van der Waals surface area contributed by atoms with Crippen molar-refractivity contribution in [1.29, 1.82) is 0 Å². The van der Waals surface area contributed by atoms with Crippen molar-refractivity contribution < 1.29 is 4.79 Å². The maximum absolute atomic E-state index is 11.8. The third kappa shape index (κ3) is 2.73. The summed E-state index contributed by atoms with van der Waals surface area (Å²) in [5.74, 6) is 0.709. The van der Waals surface area contributed by atoms with Gasteiger partial charge in [0.15, 0.2) is 0 Å². The molecule has 0 aliphatic heterocycles. The first-order valence-corrected chi connectivity index (χ1v) is 6.84. The molecular formula is C14H18ClN3O. The van der Waals surface area contributed by atoms with Gasteiger partial charge in [0.2, 0.25) is 5.91 Å². The van der Waals surface area contributed by atoms with E-state index in [1.807, 2.05) is 43.5 Å². The zero-order valence-electron chi connectivity index (χ0n) is 11.4. The van der Waals surface area contributed by atoms with Crippen LogP contribution in [0.15, 0.2) is 18.2 Å². The molecule has 0 fully saturated rings. The monoisotopic (exact) mass is 279 g/mol. The number of imidazole rings is 1. The van der Waals surface area contributed by atoms with Crippen molar-refractivity contribution in [3.8, 4) is 0 Å². The molecule has 1 aromatic carbocycles. The first kappa shape index (κ1) is 13.9. The molecule has 19 heavy (non-hydrogen) atoms. The van der Waals surface area contributed by atoms with Gasteiger partial charge in [-0.2, -0.15) is 0 Å². The highest BCUT2D eigenvalue weighted by atomic mass is 35.5. The van der Waals surface area contributed by atoms with Crippen molar-refractivity contribution in [2.24, 2.45) is 0 Å². The maximum Gasteiger partial charge on any atom is 0.239 e. The smallest absolute Gasteiger partial charge is 0.239 e. The van der Waals surface area contributed by atoms with Crippen LogP contribution >= 0.6 is 11.6 Å². The molecule has 0 saturated heterocycles. The van der Waals surface area contributed by atoms with E-state index in [0.717, 1.165) is 22.4 Å². The minimum Gasteiger partial charge on any atom is -0.355 e. The molecule has 0 radical (unpaired) electrons. The number of carbonyl (C=O) groups excluding carboxylic acids is 1. The van der Waals surface area contributed by atoms with E-state index in [9.17, 15) is 4.79 Å². The van der Waals surface area contributed by atoms with Gasteiger partial charge in [0.25, 0.3) is 0 Å². The van der Waals surface area contributed by atoms with Gasteiger partial charge < -0.3 is 9.88 Å². The molecule has 102 valence electrons. The van der Waals surface area contributed by atoms with Crippen molar-refractivity contribution in [2.75, 3.05) is 6.54 Å². The van der Waals surface area contributed by atoms with E-state index < -0.39 is 0 Å². The zero-order valence-corrected chi connectivity index (χ0v) is 12.2. The fourth-order valence-electron chi connectivity index (χ4n) is 2.24. The predicted molar refractivity (Wildman–Crippen MR) is 77.4 cm³/mol. The molecule has 1 atom stereocenters. The highest BCUT2D eigenvalue weighted by Crippen LogP contribution is 2.26. The Kier molecular flexibility index (Phi) is 4.10. The number of likely N-dealkylation sites (N-methyl/N-ethyl adjacent to an activating group) is 1. The first-order valence-electron chi connectivity index (χ1n) is 6.41. The molecule has 1 heterocycles. The van der Waals surface area contributed by atoms with Crippen LogP contribution in [0.1, 0.15) is 30.6 Å². The molecule has 2 aromatic rings. The van der Waals surface area contributed by atoms with Crippen LogP contribution in [0.3, 0.4) is 0 Å². The molecule has 1 amide bonds. The van der Waals surface area contributed by atoms with Gasteiger partial charge in [-0.1, -0.05) is 12.1 Å². The highest BCUT2D eigenvalue weighted by Gasteiger charge is 2.17. The maximum atomic E-state index is 11.8. The minimum atomic E-state index is -0.235. The number of aryl methyl sites for hydroxylation is 1. The Labute approximate surface area is 117 Å². The molecule has 0 aliphatic carbocycles. The van der Waals surface area contributed by atoms with Crippen LogP contribution in [-0.4, -0.2) is 22.0 Å². The van der Waals surface area contributed by atoms with Gasteiger partial charge in [-0.05, 0) is 32.4 Å². The first-order chi connectivity index (χ1) is 9.04. The number of fused-ring (bicyclic) bond motifs is 1. The van der Waals surface area contributed by atoms with E-state index in [0.29, 0.717) is 6.54 Å². The van der Waals surface area contributed by atoms with Gasteiger partial charge in [0.1, 0.15) is 12.4 Å². The summed E-state index contributed by atoms with van der Waals surface area (Å²) in [5, 5.41) is 2.57. The van der Waals surface area contributed by atoms with Crippen LogP contribution in [0.2, 0.25) is 0 Å². The molecule has 0 aliphatic rings. The number of nitrogens with zero attached hydrogens (tertiary/aromatic N) is 2. The van der Waals surface area contributed by atoms with Crippen molar-refractivity contribution in [1.82, 2.24) is 14.9 Å². The SMILES string of the molecule is CCNC(=O)Cn1c(C(C)Cl)nc2cccc(C)c21. The number of benzene rings is 1. The molecule has 0 bridgehead atoms. The number of amides is 1. The number of nitrogens with one attached hydrogen (secondary N) is 1. The lowest BCUT2D eigenvalue weighted by Gasteiger charge is -2.11. The van der Waals surface area contributed by atoms with E-state index >= 15 is 0 Å². The Bertz CT molecular complexity index is 604. The molecular weight excluding hydrogens is 262 g/mol. The third-order valence-corrected chi connectivity index (χ3v) is 3.22. The van der Waals surface area contributed by atoms with Crippen LogP contribution in [0.4, 0.5) is 0 Å². The second-order valence-corrected chi connectivity index (χ2v) is 5.22. The zero-order chi connectivity index (χ0) is 14.0. The van der Waals surface area contributed by atoms with E-state index in [-0.39, 0.29) is 17.8 Å². The normalized spacial score (nSPS) is 12.6. The molecule has 1 unspecified atom stereocenters. The lowest BCUT2D eigenvalue weighted by molar-refractivity contribution is -0.121. The van der Waals surface area contributed by atoms with Gasteiger partial charge in [-0.3, -0.25) is 4.79 Å². The van der Waals surface area contributed by atoms with Gasteiger partial charge in [0, 0.05) is 6.54 Å². The second kappa shape index (κ2) is 5.61. The molecule has 2 rings (SSSR count). The number of carbonyl (C=O) groups is 1. The Morgan fingerprint density at radius 2 is 2.26 bits per heavy atom. The largest absolute Gasteiger partial charge is 0.355 e. The lowest BCUT2D eigenvalue weighted by atomic mass is 10.2. The quantitative estimate of drug-likeness (QED) is 0.875. The lowest BCUT2D eigenvalue weighted by Crippen LogP contribution is -2.28. The number of rotatable bonds is 4. The van der Waals surface area contributed by atoms with Crippen molar-refractivity contribution in [3.05, 3.63) is 29.6 Å². The van der Waals surface area contributed by atoms with Gasteiger partial charge in [-0.25, -0.2) is 4.98 Å². The minimum absolute atomic E-state index is 0.0244. The summed E-state index contributed by atoms with van der Waals surface area (Å²) < 4.78 is 1.91. The van der Waals surface area contributed by atoms with Gasteiger partial charge >= 0.3 is 0 Å². The number of para-hydroxylation sites is 1. The van der Waals surface area contributed by atoms with Crippen molar-refractivity contribution in [2.45, 2.75) is 32.7 Å². The Morgan fingerprint density at radius 1 is 1.53 bits per heavy atom. The molecule has 1 N–H and O–H groups in total. The van der Waals surface area contributed by atoms with Gasteiger partial charge in [0.05, 0.1) is 16.4 Å². The van der Waals surface area contributed by atoms with Crippen LogP contribution < -0.4 is 5.32 Å². The Morgan fingerprint density at radius 3 is 2.89 bits per heavy atom. The fraction of sp³-hybridized carbons (Fsp3) is 0.429. The summed E-state index contributed by atoms with van der Waals surface area (Å²) in [6, 6.07) is 5.92. The van der Waals surface area contributed by atoms with Crippen LogP contribution in [-0.2, 0) is 11.3 Å².